The van der Waals surface area contributed by atoms with Gasteiger partial charge in [-0.25, -0.2) is 0 Å². The van der Waals surface area contributed by atoms with Crippen molar-refractivity contribution in [2.24, 2.45) is 0 Å². The summed E-state index contributed by atoms with van der Waals surface area (Å²) < 4.78 is 5.72. The predicted molar refractivity (Wildman–Crippen MR) is 61.1 cm³/mol. The highest BCUT2D eigenvalue weighted by Gasteiger charge is 2.31. The minimum Gasteiger partial charge on any atom is -0.373 e. The standard InChI is InChI=1S/C10H17BrN2O2/c11-4-10(14)12-5-9-6-13-3-1-2-8(13)7-15-9/h8-9H,1-7H2,(H,12,14). The van der Waals surface area contributed by atoms with E-state index in [-0.39, 0.29) is 12.0 Å². The molecule has 0 aromatic heterocycles. The highest BCUT2D eigenvalue weighted by atomic mass is 79.9. The molecule has 2 heterocycles. The van der Waals surface area contributed by atoms with Gasteiger partial charge >= 0.3 is 0 Å². The van der Waals surface area contributed by atoms with Crippen LogP contribution in [0.5, 0.6) is 0 Å². The first-order valence-corrected chi connectivity index (χ1v) is 6.60. The zero-order valence-electron chi connectivity index (χ0n) is 8.75. The molecule has 4 nitrogen and oxygen atoms in total. The number of amides is 1. The van der Waals surface area contributed by atoms with Gasteiger partial charge in [0.25, 0.3) is 0 Å². The number of rotatable bonds is 3. The van der Waals surface area contributed by atoms with Gasteiger partial charge in [0.15, 0.2) is 0 Å². The number of nitrogens with zero attached hydrogens (tertiary/aromatic N) is 1. The van der Waals surface area contributed by atoms with E-state index in [2.05, 4.69) is 26.1 Å². The molecule has 15 heavy (non-hydrogen) atoms. The van der Waals surface area contributed by atoms with Gasteiger partial charge in [0.05, 0.1) is 18.0 Å². The Bertz CT molecular complexity index is 237. The fourth-order valence-corrected chi connectivity index (χ4v) is 2.48. The van der Waals surface area contributed by atoms with Crippen LogP contribution in [0.2, 0.25) is 0 Å². The van der Waals surface area contributed by atoms with Crippen LogP contribution < -0.4 is 5.32 Å². The van der Waals surface area contributed by atoms with E-state index in [9.17, 15) is 4.79 Å². The van der Waals surface area contributed by atoms with Gasteiger partial charge in [-0.15, -0.1) is 0 Å². The molecule has 2 atom stereocenters. The van der Waals surface area contributed by atoms with Gasteiger partial charge in [-0.2, -0.15) is 0 Å². The summed E-state index contributed by atoms with van der Waals surface area (Å²) in [5.41, 5.74) is 0. The Balaban J connectivity index is 1.73. The number of carbonyl (C=O) groups is 1. The molecule has 1 N–H and O–H groups in total. The largest absolute Gasteiger partial charge is 0.373 e. The summed E-state index contributed by atoms with van der Waals surface area (Å²) in [5, 5.41) is 3.21. The van der Waals surface area contributed by atoms with Gasteiger partial charge in [-0.3, -0.25) is 9.69 Å². The Morgan fingerprint density at radius 1 is 1.60 bits per heavy atom. The molecule has 2 fully saturated rings. The van der Waals surface area contributed by atoms with Crippen LogP contribution in [0.4, 0.5) is 0 Å². The molecule has 2 aliphatic heterocycles. The molecule has 2 rings (SSSR count). The zero-order valence-corrected chi connectivity index (χ0v) is 10.3. The fraction of sp³-hybridized carbons (Fsp3) is 0.900. The third-order valence-corrected chi connectivity index (χ3v) is 3.62. The molecule has 0 radical (unpaired) electrons. The van der Waals surface area contributed by atoms with Crippen LogP contribution in [0.25, 0.3) is 0 Å². The minimum absolute atomic E-state index is 0.0298. The lowest BCUT2D eigenvalue weighted by molar-refractivity contribution is -0.119. The second kappa shape index (κ2) is 5.27. The van der Waals surface area contributed by atoms with E-state index < -0.39 is 0 Å². The lowest BCUT2D eigenvalue weighted by Crippen LogP contribution is -2.50. The second-order valence-corrected chi connectivity index (χ2v) is 4.74. The molecule has 0 bridgehead atoms. The lowest BCUT2D eigenvalue weighted by Gasteiger charge is -2.35. The number of morpholine rings is 1. The number of hydrogen-bond donors (Lipinski definition) is 1. The molecule has 5 heteroatoms. The van der Waals surface area contributed by atoms with Gasteiger partial charge in [0.2, 0.25) is 5.91 Å². The molecular weight excluding hydrogens is 260 g/mol. The van der Waals surface area contributed by atoms with Gasteiger partial charge in [0.1, 0.15) is 0 Å². The van der Waals surface area contributed by atoms with Crippen molar-refractivity contribution < 1.29 is 9.53 Å². The lowest BCUT2D eigenvalue weighted by atomic mass is 10.2. The Morgan fingerprint density at radius 3 is 3.27 bits per heavy atom. The molecule has 0 aliphatic carbocycles. The Morgan fingerprint density at radius 2 is 2.47 bits per heavy atom. The Hall–Kier alpha value is -0.130. The SMILES string of the molecule is O=C(CBr)NCC1CN2CCCC2CO1. The summed E-state index contributed by atoms with van der Waals surface area (Å²) in [7, 11) is 0. The number of alkyl halides is 1. The van der Waals surface area contributed by atoms with Crippen LogP contribution in [0.3, 0.4) is 0 Å². The molecular formula is C10H17BrN2O2. The third-order valence-electron chi connectivity index (χ3n) is 3.11. The van der Waals surface area contributed by atoms with Crippen molar-refractivity contribution >= 4 is 21.8 Å². The third kappa shape index (κ3) is 2.92. The Kier molecular flexibility index (Phi) is 3.99. The maximum Gasteiger partial charge on any atom is 0.230 e. The minimum atomic E-state index is 0.0298. The van der Waals surface area contributed by atoms with E-state index in [1.165, 1.54) is 19.4 Å². The van der Waals surface area contributed by atoms with Crippen molar-refractivity contribution in [3.63, 3.8) is 0 Å². The first-order valence-electron chi connectivity index (χ1n) is 5.48. The average Bonchev–Trinajstić information content (AvgIpc) is 2.72. The molecule has 1 amide bonds. The monoisotopic (exact) mass is 276 g/mol. The van der Waals surface area contributed by atoms with Crippen LogP contribution in [0, 0.1) is 0 Å². The quantitative estimate of drug-likeness (QED) is 0.757. The van der Waals surface area contributed by atoms with Crippen LogP contribution >= 0.6 is 15.9 Å². The Labute approximate surface area is 98.5 Å². The van der Waals surface area contributed by atoms with Gasteiger partial charge in [0, 0.05) is 19.1 Å². The van der Waals surface area contributed by atoms with E-state index in [0.717, 1.165) is 13.2 Å². The summed E-state index contributed by atoms with van der Waals surface area (Å²) in [6.07, 6.45) is 2.72. The predicted octanol–water partition coefficient (Wildman–Crippen LogP) is 0.361. The molecule has 2 saturated heterocycles. The van der Waals surface area contributed by atoms with Gasteiger partial charge in [-0.05, 0) is 19.4 Å². The molecule has 86 valence electrons. The van der Waals surface area contributed by atoms with Crippen LogP contribution in [0.1, 0.15) is 12.8 Å². The number of halogens is 1. The maximum atomic E-state index is 11.1. The van der Waals surface area contributed by atoms with Crippen LogP contribution in [0.15, 0.2) is 0 Å². The first kappa shape index (κ1) is 11.4. The molecule has 0 spiro atoms. The van der Waals surface area contributed by atoms with Gasteiger partial charge in [-0.1, -0.05) is 15.9 Å². The molecule has 0 saturated carbocycles. The number of ether oxygens (including phenoxy) is 1. The zero-order chi connectivity index (χ0) is 10.7. The van der Waals surface area contributed by atoms with Crippen molar-refractivity contribution in [1.82, 2.24) is 10.2 Å². The van der Waals surface area contributed by atoms with Crippen LogP contribution in [-0.4, -0.2) is 54.5 Å². The smallest absolute Gasteiger partial charge is 0.230 e. The van der Waals surface area contributed by atoms with E-state index in [1.807, 2.05) is 0 Å². The highest BCUT2D eigenvalue weighted by Crippen LogP contribution is 2.22. The van der Waals surface area contributed by atoms with Crippen molar-refractivity contribution in [2.45, 2.75) is 25.0 Å². The van der Waals surface area contributed by atoms with Crippen molar-refractivity contribution in [3.8, 4) is 0 Å². The normalized spacial score (nSPS) is 31.3. The number of fused-ring (bicyclic) bond motifs is 1. The molecule has 0 aromatic rings. The fourth-order valence-electron chi connectivity index (χ4n) is 2.28. The number of nitrogens with one attached hydrogen (secondary N) is 1. The van der Waals surface area contributed by atoms with Crippen molar-refractivity contribution in [3.05, 3.63) is 0 Å². The topological polar surface area (TPSA) is 41.6 Å². The summed E-state index contributed by atoms with van der Waals surface area (Å²) in [5.74, 6) is 0.0298. The van der Waals surface area contributed by atoms with E-state index in [4.69, 9.17) is 4.74 Å². The van der Waals surface area contributed by atoms with E-state index >= 15 is 0 Å². The van der Waals surface area contributed by atoms with E-state index in [0.29, 0.717) is 17.9 Å². The summed E-state index contributed by atoms with van der Waals surface area (Å²) in [6, 6.07) is 0.633. The number of hydrogen-bond acceptors (Lipinski definition) is 3. The first-order chi connectivity index (χ1) is 7.29. The highest BCUT2D eigenvalue weighted by molar-refractivity contribution is 9.09. The van der Waals surface area contributed by atoms with Gasteiger partial charge < -0.3 is 10.1 Å². The van der Waals surface area contributed by atoms with E-state index in [1.54, 1.807) is 0 Å². The summed E-state index contributed by atoms with van der Waals surface area (Å²) in [6.45, 7) is 3.62. The molecule has 2 unspecified atom stereocenters. The maximum absolute atomic E-state index is 11.1. The summed E-state index contributed by atoms with van der Waals surface area (Å²) in [4.78, 5) is 13.5. The molecule has 2 aliphatic rings. The average molecular weight is 277 g/mol. The molecule has 0 aromatic carbocycles. The van der Waals surface area contributed by atoms with Crippen molar-refractivity contribution in [2.75, 3.05) is 31.6 Å². The summed E-state index contributed by atoms with van der Waals surface area (Å²) >= 11 is 3.12. The van der Waals surface area contributed by atoms with Crippen LogP contribution in [-0.2, 0) is 9.53 Å². The van der Waals surface area contributed by atoms with Crippen molar-refractivity contribution in [1.29, 1.82) is 0 Å². The number of carbonyl (C=O) groups excluding carboxylic acids is 1. The second-order valence-electron chi connectivity index (χ2n) is 4.18.